The maximum Gasteiger partial charge on any atom is 0.252 e. The third-order valence-corrected chi connectivity index (χ3v) is 17.8. The van der Waals surface area contributed by atoms with Crippen molar-refractivity contribution in [1.82, 2.24) is 4.57 Å². The number of nitrogens with zero attached hydrogens (tertiary/aromatic N) is 3. The van der Waals surface area contributed by atoms with Crippen molar-refractivity contribution in [3.05, 3.63) is 243 Å². The Morgan fingerprint density at radius 3 is 1.19 bits per heavy atom. The zero-order chi connectivity index (χ0) is 47.0. The number of rotatable bonds is 5. The average Bonchev–Trinajstić information content (AvgIpc) is 4.13. The fourth-order valence-electron chi connectivity index (χ4n) is 12.4. The molecule has 6 heteroatoms. The molecule has 0 amide bonds. The Morgan fingerprint density at radius 1 is 0.306 bits per heavy atom. The van der Waals surface area contributed by atoms with E-state index in [2.05, 4.69) is 257 Å². The summed E-state index contributed by atoms with van der Waals surface area (Å²) in [7, 11) is 0. The van der Waals surface area contributed by atoms with Crippen molar-refractivity contribution in [3.63, 3.8) is 0 Å². The maximum atomic E-state index is 2.62. The second-order valence-electron chi connectivity index (χ2n) is 19.1. The van der Waals surface area contributed by atoms with Crippen LogP contribution < -0.4 is 26.2 Å². The quantitative estimate of drug-likeness (QED) is 0.159. The van der Waals surface area contributed by atoms with E-state index in [1.807, 2.05) is 22.7 Å². The van der Waals surface area contributed by atoms with Gasteiger partial charge in [-0.3, -0.25) is 0 Å². The van der Waals surface area contributed by atoms with Crippen molar-refractivity contribution in [2.45, 2.75) is 0 Å². The Hall–Kier alpha value is -8.68. The van der Waals surface area contributed by atoms with Gasteiger partial charge in [-0.15, -0.1) is 22.7 Å². The molecule has 0 unspecified atom stereocenters. The Balaban J connectivity index is 1.08. The highest BCUT2D eigenvalue weighted by Gasteiger charge is 2.44. The maximum absolute atomic E-state index is 2.62. The lowest BCUT2D eigenvalue weighted by Crippen LogP contribution is -2.61. The van der Waals surface area contributed by atoms with Gasteiger partial charge in [0, 0.05) is 85.0 Å². The van der Waals surface area contributed by atoms with E-state index < -0.39 is 0 Å². The lowest BCUT2D eigenvalue weighted by atomic mass is 9.33. The highest BCUT2D eigenvalue weighted by atomic mass is 32.1. The first-order valence-corrected chi connectivity index (χ1v) is 26.3. The van der Waals surface area contributed by atoms with E-state index in [4.69, 9.17) is 0 Å². The van der Waals surface area contributed by atoms with Gasteiger partial charge in [-0.25, -0.2) is 0 Å². The van der Waals surface area contributed by atoms with E-state index in [9.17, 15) is 0 Å². The average molecular weight is 950 g/mol. The number of benzene rings is 11. The van der Waals surface area contributed by atoms with Crippen molar-refractivity contribution in [2.24, 2.45) is 0 Å². The van der Waals surface area contributed by atoms with Gasteiger partial charge >= 0.3 is 0 Å². The topological polar surface area (TPSA) is 11.4 Å². The summed E-state index contributed by atoms with van der Waals surface area (Å²) in [5.41, 5.74) is 19.3. The second kappa shape index (κ2) is 15.4. The van der Waals surface area contributed by atoms with Gasteiger partial charge in [0.15, 0.2) is 0 Å². The number of hydrogen-bond donors (Lipinski definition) is 0. The zero-order valence-electron chi connectivity index (χ0n) is 38.8. The molecule has 3 aromatic heterocycles. The van der Waals surface area contributed by atoms with E-state index in [0.717, 1.165) is 17.1 Å². The second-order valence-corrected chi connectivity index (χ2v) is 21.2. The van der Waals surface area contributed by atoms with Crippen LogP contribution in [0, 0.1) is 0 Å². The van der Waals surface area contributed by atoms with Crippen molar-refractivity contribution >= 4 is 142 Å². The van der Waals surface area contributed by atoms with Crippen LogP contribution in [-0.2, 0) is 0 Å². The number of fused-ring (bicyclic) bond motifs is 13. The summed E-state index contributed by atoms with van der Waals surface area (Å²) in [6.07, 6.45) is 0. The first kappa shape index (κ1) is 40.1. The molecule has 0 N–H and O–H groups in total. The number of anilines is 6. The zero-order valence-corrected chi connectivity index (χ0v) is 40.5. The van der Waals surface area contributed by atoms with E-state index >= 15 is 0 Å². The molecule has 11 aromatic carbocycles. The summed E-state index contributed by atoms with van der Waals surface area (Å²) >= 11 is 3.80. The summed E-state index contributed by atoms with van der Waals surface area (Å²) in [4.78, 5) is 5.24. The first-order chi connectivity index (χ1) is 35.8. The molecule has 2 aliphatic rings. The first-order valence-electron chi connectivity index (χ1n) is 24.7. The molecule has 334 valence electrons. The highest BCUT2D eigenvalue weighted by Crippen LogP contribution is 2.54. The minimum absolute atomic E-state index is 0.0384. The standard InChI is InChI=1S/C66H40BN3S2/c1-3-19-41(20-4-1)62-56(37-35-48-46-25-9-17-33-60(46)71-65(48)62)69-54-31-15-11-27-50(54)67-51-28-12-16-32-55(51)70(57-38-36-49-47-26-10-18-34-61(47)72-66(49)63(57)42-21-5-2-6-22-42)59-40-43(39-58(69)64(59)67)68-52-29-13-7-23-44(52)45-24-8-14-30-53(45)68/h1-40H. The van der Waals surface area contributed by atoms with Gasteiger partial charge in [-0.1, -0.05) is 182 Å². The van der Waals surface area contributed by atoms with Crippen LogP contribution in [0.2, 0.25) is 0 Å². The smallest absolute Gasteiger partial charge is 0.252 e. The Kier molecular flexibility index (Phi) is 8.58. The van der Waals surface area contributed by atoms with Crippen LogP contribution in [0.3, 0.4) is 0 Å². The van der Waals surface area contributed by atoms with Crippen LogP contribution in [0.1, 0.15) is 0 Å². The van der Waals surface area contributed by atoms with Crippen molar-refractivity contribution in [1.29, 1.82) is 0 Å². The number of thiophene rings is 2. The Morgan fingerprint density at radius 2 is 0.708 bits per heavy atom. The van der Waals surface area contributed by atoms with Crippen molar-refractivity contribution in [2.75, 3.05) is 9.80 Å². The largest absolute Gasteiger partial charge is 0.311 e. The van der Waals surface area contributed by atoms with E-state index in [1.54, 1.807) is 0 Å². The van der Waals surface area contributed by atoms with Crippen LogP contribution in [0.5, 0.6) is 0 Å². The monoisotopic (exact) mass is 949 g/mol. The Bertz CT molecular complexity index is 4270. The number of para-hydroxylation sites is 4. The molecule has 72 heavy (non-hydrogen) atoms. The molecule has 0 fully saturated rings. The minimum Gasteiger partial charge on any atom is -0.311 e. The van der Waals surface area contributed by atoms with Gasteiger partial charge in [-0.2, -0.15) is 0 Å². The van der Waals surface area contributed by atoms with E-state index in [-0.39, 0.29) is 6.71 Å². The summed E-state index contributed by atoms with van der Waals surface area (Å²) in [6.45, 7) is -0.0384. The van der Waals surface area contributed by atoms with Gasteiger partial charge in [-0.05, 0) is 88.2 Å². The molecular formula is C66H40BN3S2. The molecule has 0 saturated carbocycles. The number of hydrogen-bond acceptors (Lipinski definition) is 4. The fourth-order valence-corrected chi connectivity index (χ4v) is 15.0. The van der Waals surface area contributed by atoms with Crippen molar-refractivity contribution in [3.8, 4) is 27.9 Å². The van der Waals surface area contributed by atoms with Gasteiger partial charge in [0.25, 0.3) is 6.71 Å². The number of aromatic nitrogens is 1. The fraction of sp³-hybridized carbons (Fsp3) is 0. The summed E-state index contributed by atoms with van der Waals surface area (Å²) in [5, 5.41) is 7.64. The molecule has 0 atom stereocenters. The van der Waals surface area contributed by atoms with E-state index in [1.165, 1.54) is 124 Å². The molecular weight excluding hydrogens is 910 g/mol. The molecule has 3 nitrogen and oxygen atoms in total. The normalized spacial score (nSPS) is 12.9. The molecule has 2 aliphatic heterocycles. The van der Waals surface area contributed by atoms with Gasteiger partial charge < -0.3 is 14.4 Å². The predicted molar refractivity (Wildman–Crippen MR) is 311 cm³/mol. The molecule has 0 spiro atoms. The highest BCUT2D eigenvalue weighted by molar-refractivity contribution is 7.26. The third kappa shape index (κ3) is 5.62. The van der Waals surface area contributed by atoms with Crippen LogP contribution >= 0.6 is 22.7 Å². The van der Waals surface area contributed by atoms with Crippen LogP contribution in [0.25, 0.3) is 90.1 Å². The van der Waals surface area contributed by atoms with E-state index in [0.29, 0.717) is 0 Å². The van der Waals surface area contributed by atoms with Gasteiger partial charge in [0.05, 0.1) is 28.1 Å². The van der Waals surface area contributed by atoms with Gasteiger partial charge in [0.2, 0.25) is 0 Å². The molecule has 0 bridgehead atoms. The summed E-state index contributed by atoms with van der Waals surface area (Å²) in [6, 6.07) is 90.7. The van der Waals surface area contributed by atoms with Crippen LogP contribution in [0.4, 0.5) is 34.1 Å². The Labute approximate surface area is 424 Å². The minimum atomic E-state index is -0.0384. The SMILES string of the molecule is c1ccc(-c2c(N3c4ccccc4B4c5ccccc5N(c5ccc6c(sc7ccccc76)c5-c5ccccc5)c5cc(-n6c7ccccc7c7ccccc76)cc3c54)ccc3c2sc2ccccc23)cc1. The molecule has 16 rings (SSSR count). The summed E-state index contributed by atoms with van der Waals surface area (Å²) < 4.78 is 7.69. The van der Waals surface area contributed by atoms with Crippen LogP contribution in [-0.4, -0.2) is 11.3 Å². The molecule has 5 heterocycles. The summed E-state index contributed by atoms with van der Waals surface area (Å²) in [5.74, 6) is 0. The lowest BCUT2D eigenvalue weighted by molar-refractivity contribution is 1.16. The van der Waals surface area contributed by atoms with Crippen molar-refractivity contribution < 1.29 is 0 Å². The van der Waals surface area contributed by atoms with Crippen LogP contribution in [0.15, 0.2) is 243 Å². The third-order valence-electron chi connectivity index (χ3n) is 15.4. The lowest BCUT2D eigenvalue weighted by Gasteiger charge is -2.45. The molecule has 0 saturated heterocycles. The molecule has 0 aliphatic carbocycles. The van der Waals surface area contributed by atoms with Gasteiger partial charge in [0.1, 0.15) is 0 Å². The molecule has 14 aromatic rings. The molecule has 0 radical (unpaired) electrons. The predicted octanol–water partition coefficient (Wildman–Crippen LogP) is 16.9.